The lowest BCUT2D eigenvalue weighted by atomic mass is 9.88. The standard InChI is InChI=1S/C25H22F3N3O2/c26-25(27,28)16-4-6-19-18-5-2-14(10-21(18)24(33)31-22(19)11-16)8-17(12-29)30-23(32)20-9-13-1-3-15(20)7-13/h2,4-6,10-11,13,15,17,20H,1,3,7-9H2,(H,30,32)(H,31,33)/t13-,15+,17+,20+/m1/s1. The van der Waals surface area contributed by atoms with Crippen LogP contribution in [-0.4, -0.2) is 16.9 Å². The molecule has 2 aliphatic rings. The van der Waals surface area contributed by atoms with Gasteiger partial charge in [-0.3, -0.25) is 9.59 Å². The van der Waals surface area contributed by atoms with Gasteiger partial charge in [0.25, 0.3) is 5.56 Å². The summed E-state index contributed by atoms with van der Waals surface area (Å²) in [6.07, 6.45) is -0.00766. The number of halogens is 3. The van der Waals surface area contributed by atoms with Crippen molar-refractivity contribution in [2.75, 3.05) is 0 Å². The van der Waals surface area contributed by atoms with Crippen LogP contribution in [0.1, 0.15) is 36.8 Å². The number of pyridine rings is 1. The fraction of sp³-hybridized carbons (Fsp3) is 0.400. The van der Waals surface area contributed by atoms with Crippen molar-refractivity contribution in [3.05, 3.63) is 57.9 Å². The molecule has 2 N–H and O–H groups in total. The number of hydrogen-bond acceptors (Lipinski definition) is 3. The molecule has 170 valence electrons. The SMILES string of the molecule is N#C[C@H](Cc1ccc2c(c1)c(=O)[nH]c1cc(C(F)(F)F)ccc12)NC(=O)[C@H]1C[C@@H]2CC[C@H]1C2. The molecule has 1 amide bonds. The Morgan fingerprint density at radius 3 is 2.58 bits per heavy atom. The van der Waals surface area contributed by atoms with E-state index in [0.717, 1.165) is 31.4 Å². The molecule has 2 saturated carbocycles. The molecule has 5 nitrogen and oxygen atoms in total. The Labute approximate surface area is 187 Å². The van der Waals surface area contributed by atoms with Crippen molar-refractivity contribution in [2.45, 2.75) is 44.3 Å². The van der Waals surface area contributed by atoms with Crippen molar-refractivity contribution in [1.29, 1.82) is 5.26 Å². The number of carbonyl (C=O) groups is 1. The summed E-state index contributed by atoms with van der Waals surface area (Å²) >= 11 is 0. The predicted octanol–water partition coefficient (Wildman–Crippen LogP) is 4.69. The lowest BCUT2D eigenvalue weighted by Gasteiger charge is -2.22. The minimum absolute atomic E-state index is 0.0213. The summed E-state index contributed by atoms with van der Waals surface area (Å²) in [5, 5.41) is 13.8. The first-order chi connectivity index (χ1) is 15.7. The molecule has 2 fully saturated rings. The predicted molar refractivity (Wildman–Crippen MR) is 117 cm³/mol. The van der Waals surface area contributed by atoms with Gasteiger partial charge in [-0.05, 0) is 60.2 Å². The monoisotopic (exact) mass is 453 g/mol. The van der Waals surface area contributed by atoms with Gasteiger partial charge in [-0.1, -0.05) is 24.6 Å². The number of nitrogens with one attached hydrogen (secondary N) is 2. The van der Waals surface area contributed by atoms with Crippen molar-refractivity contribution < 1.29 is 18.0 Å². The molecule has 0 saturated heterocycles. The van der Waals surface area contributed by atoms with E-state index in [-0.39, 0.29) is 23.8 Å². The van der Waals surface area contributed by atoms with Gasteiger partial charge >= 0.3 is 6.18 Å². The third-order valence-electron chi connectivity index (χ3n) is 7.20. The summed E-state index contributed by atoms with van der Waals surface area (Å²) in [5.74, 6) is 0.950. The Morgan fingerprint density at radius 2 is 1.91 bits per heavy atom. The molecule has 2 aliphatic carbocycles. The molecule has 1 aromatic heterocycles. The molecule has 8 heteroatoms. The number of aromatic amines is 1. The molecular weight excluding hydrogens is 431 g/mol. The van der Waals surface area contributed by atoms with Gasteiger partial charge in [0.15, 0.2) is 0 Å². The van der Waals surface area contributed by atoms with Gasteiger partial charge in [-0.2, -0.15) is 18.4 Å². The zero-order valence-corrected chi connectivity index (χ0v) is 17.7. The number of H-pyrrole nitrogens is 1. The van der Waals surface area contributed by atoms with Gasteiger partial charge in [0.05, 0.1) is 11.6 Å². The zero-order valence-electron chi connectivity index (χ0n) is 17.7. The van der Waals surface area contributed by atoms with Crippen LogP contribution in [0.2, 0.25) is 0 Å². The number of alkyl halides is 3. The Kier molecular flexibility index (Phi) is 5.15. The highest BCUT2D eigenvalue weighted by atomic mass is 19.4. The van der Waals surface area contributed by atoms with Crippen molar-refractivity contribution >= 4 is 27.6 Å². The summed E-state index contributed by atoms with van der Waals surface area (Å²) in [4.78, 5) is 27.9. The smallest absolute Gasteiger partial charge is 0.340 e. The third-order valence-corrected chi connectivity index (χ3v) is 7.20. The number of rotatable bonds is 4. The maximum Gasteiger partial charge on any atom is 0.416 e. The average Bonchev–Trinajstić information content (AvgIpc) is 3.42. The van der Waals surface area contributed by atoms with Crippen LogP contribution in [0.4, 0.5) is 13.2 Å². The van der Waals surface area contributed by atoms with Gasteiger partial charge in [0.2, 0.25) is 5.91 Å². The van der Waals surface area contributed by atoms with E-state index in [1.54, 1.807) is 18.2 Å². The molecule has 33 heavy (non-hydrogen) atoms. The maximum atomic E-state index is 13.0. The van der Waals surface area contributed by atoms with Crippen LogP contribution in [-0.2, 0) is 17.4 Å². The van der Waals surface area contributed by atoms with E-state index in [1.807, 2.05) is 0 Å². The molecule has 2 bridgehead atoms. The van der Waals surface area contributed by atoms with Crippen molar-refractivity contribution in [1.82, 2.24) is 10.3 Å². The number of hydrogen-bond donors (Lipinski definition) is 2. The van der Waals surface area contributed by atoms with E-state index in [4.69, 9.17) is 0 Å². The first kappa shape index (κ1) is 21.5. The number of aromatic nitrogens is 1. The molecule has 3 aromatic rings. The van der Waals surface area contributed by atoms with Crippen molar-refractivity contribution in [3.63, 3.8) is 0 Å². The first-order valence-electron chi connectivity index (χ1n) is 11.1. The summed E-state index contributed by atoms with van der Waals surface area (Å²) in [5.41, 5.74) is -0.523. The zero-order chi connectivity index (χ0) is 23.3. The fourth-order valence-corrected chi connectivity index (χ4v) is 5.60. The van der Waals surface area contributed by atoms with Crippen molar-refractivity contribution in [3.8, 4) is 6.07 Å². The highest BCUT2D eigenvalue weighted by Gasteiger charge is 2.43. The largest absolute Gasteiger partial charge is 0.416 e. The van der Waals surface area contributed by atoms with E-state index in [9.17, 15) is 28.0 Å². The Hall–Kier alpha value is -3.34. The number of amides is 1. The second-order valence-electron chi connectivity index (χ2n) is 9.27. The normalized spacial score (nSPS) is 23.0. The lowest BCUT2D eigenvalue weighted by molar-refractivity contribution is -0.137. The van der Waals surface area contributed by atoms with Gasteiger partial charge in [0, 0.05) is 28.6 Å². The molecule has 2 aromatic carbocycles. The van der Waals surface area contributed by atoms with Crippen molar-refractivity contribution in [2.24, 2.45) is 17.8 Å². The fourth-order valence-electron chi connectivity index (χ4n) is 5.60. The summed E-state index contributed by atoms with van der Waals surface area (Å²) in [7, 11) is 0. The van der Waals surface area contributed by atoms with Crippen LogP contribution < -0.4 is 10.9 Å². The van der Waals surface area contributed by atoms with E-state index >= 15 is 0 Å². The Balaban J connectivity index is 1.40. The van der Waals surface area contributed by atoms with Crippen LogP contribution in [0.3, 0.4) is 0 Å². The highest BCUT2D eigenvalue weighted by Crippen LogP contribution is 2.48. The van der Waals surface area contributed by atoms with Crippen LogP contribution in [0, 0.1) is 29.1 Å². The highest BCUT2D eigenvalue weighted by molar-refractivity contribution is 6.05. The number of fused-ring (bicyclic) bond motifs is 5. The minimum atomic E-state index is -4.50. The second-order valence-corrected chi connectivity index (χ2v) is 9.27. The van der Waals surface area contributed by atoms with Gasteiger partial charge in [0.1, 0.15) is 6.04 Å². The topological polar surface area (TPSA) is 85.8 Å². The summed E-state index contributed by atoms with van der Waals surface area (Å²) in [6.45, 7) is 0. The van der Waals surface area contributed by atoms with Crippen LogP contribution in [0.15, 0.2) is 41.2 Å². The summed E-state index contributed by atoms with van der Waals surface area (Å²) in [6, 6.07) is 9.75. The van der Waals surface area contributed by atoms with Crippen LogP contribution >= 0.6 is 0 Å². The number of nitriles is 1. The molecule has 0 spiro atoms. The van der Waals surface area contributed by atoms with Crippen LogP contribution in [0.25, 0.3) is 21.7 Å². The average molecular weight is 453 g/mol. The van der Waals surface area contributed by atoms with E-state index in [0.29, 0.717) is 33.6 Å². The molecule has 0 aliphatic heterocycles. The van der Waals surface area contributed by atoms with E-state index in [1.165, 1.54) is 12.5 Å². The molecule has 4 atom stereocenters. The second kappa shape index (κ2) is 7.91. The molecule has 5 rings (SSSR count). The van der Waals surface area contributed by atoms with E-state index < -0.39 is 23.3 Å². The van der Waals surface area contributed by atoms with E-state index in [2.05, 4.69) is 16.4 Å². The Morgan fingerprint density at radius 1 is 1.12 bits per heavy atom. The van der Waals surface area contributed by atoms with Gasteiger partial charge < -0.3 is 10.3 Å². The summed E-state index contributed by atoms with van der Waals surface area (Å²) < 4.78 is 39.1. The molecular formula is C25H22F3N3O2. The molecule has 0 unspecified atom stereocenters. The first-order valence-corrected chi connectivity index (χ1v) is 11.1. The minimum Gasteiger partial charge on any atom is -0.340 e. The Bertz CT molecular complexity index is 1360. The maximum absolute atomic E-state index is 13.0. The number of carbonyl (C=O) groups excluding carboxylic acids is 1. The lowest BCUT2D eigenvalue weighted by Crippen LogP contribution is -2.41. The van der Waals surface area contributed by atoms with Crippen LogP contribution in [0.5, 0.6) is 0 Å². The molecule has 0 radical (unpaired) electrons. The quantitative estimate of drug-likeness (QED) is 0.562. The van der Waals surface area contributed by atoms with Gasteiger partial charge in [-0.15, -0.1) is 0 Å². The number of nitrogens with zero attached hydrogens (tertiary/aromatic N) is 1. The molecule has 1 heterocycles. The number of benzene rings is 2. The third kappa shape index (κ3) is 3.97. The van der Waals surface area contributed by atoms with Gasteiger partial charge in [-0.25, -0.2) is 0 Å².